The van der Waals surface area contributed by atoms with Gasteiger partial charge in [0, 0.05) is 38.8 Å². The molecule has 0 unspecified atom stereocenters. The molecular weight excluding hydrogens is 292 g/mol. The molecule has 0 atom stereocenters. The van der Waals surface area contributed by atoms with Crippen LogP contribution in [-0.4, -0.2) is 31.1 Å². The van der Waals surface area contributed by atoms with Crippen LogP contribution in [-0.2, 0) is 13.0 Å². The standard InChI is InChI=1S/C17H24N4O2/c1-3-10-23-16-7-6-14(12-20-16)13-21-17(18-2)19-9-8-15-5-4-11-22-15/h4-7,11-12H,3,8-10,13H2,1-2H3,(H2,18,19,21). The van der Waals surface area contributed by atoms with Crippen molar-refractivity contribution in [1.29, 1.82) is 0 Å². The van der Waals surface area contributed by atoms with Crippen LogP contribution in [0.3, 0.4) is 0 Å². The van der Waals surface area contributed by atoms with Gasteiger partial charge in [-0.3, -0.25) is 4.99 Å². The number of nitrogens with zero attached hydrogens (tertiary/aromatic N) is 2. The van der Waals surface area contributed by atoms with Gasteiger partial charge in [0.1, 0.15) is 5.76 Å². The summed E-state index contributed by atoms with van der Waals surface area (Å²) >= 11 is 0. The van der Waals surface area contributed by atoms with Gasteiger partial charge in [-0.1, -0.05) is 13.0 Å². The largest absolute Gasteiger partial charge is 0.478 e. The van der Waals surface area contributed by atoms with Gasteiger partial charge in [-0.25, -0.2) is 4.98 Å². The molecule has 2 heterocycles. The van der Waals surface area contributed by atoms with Crippen LogP contribution in [0, 0.1) is 0 Å². The van der Waals surface area contributed by atoms with Gasteiger partial charge in [-0.05, 0) is 24.1 Å². The smallest absolute Gasteiger partial charge is 0.213 e. The zero-order valence-corrected chi connectivity index (χ0v) is 13.7. The van der Waals surface area contributed by atoms with Crippen LogP contribution >= 0.6 is 0 Å². The molecule has 2 N–H and O–H groups in total. The Bertz CT molecular complexity index is 579. The third-order valence-electron chi connectivity index (χ3n) is 3.18. The fraction of sp³-hybridized carbons (Fsp3) is 0.412. The first-order valence-electron chi connectivity index (χ1n) is 7.86. The summed E-state index contributed by atoms with van der Waals surface area (Å²) < 4.78 is 10.8. The Morgan fingerprint density at radius 1 is 1.30 bits per heavy atom. The highest BCUT2D eigenvalue weighted by Gasteiger charge is 2.01. The SMILES string of the molecule is CCCOc1ccc(CNC(=NC)NCCc2ccco2)cn1. The van der Waals surface area contributed by atoms with E-state index in [1.807, 2.05) is 30.5 Å². The van der Waals surface area contributed by atoms with Crippen molar-refractivity contribution < 1.29 is 9.15 Å². The summed E-state index contributed by atoms with van der Waals surface area (Å²) in [7, 11) is 1.75. The summed E-state index contributed by atoms with van der Waals surface area (Å²) in [5, 5.41) is 6.51. The molecule has 0 saturated carbocycles. The summed E-state index contributed by atoms with van der Waals surface area (Å²) in [6.45, 7) is 4.18. The van der Waals surface area contributed by atoms with Crippen LogP contribution in [0.5, 0.6) is 5.88 Å². The van der Waals surface area contributed by atoms with Gasteiger partial charge in [0.05, 0.1) is 12.9 Å². The molecule has 2 aromatic rings. The molecule has 0 aromatic carbocycles. The molecule has 2 aromatic heterocycles. The van der Waals surface area contributed by atoms with Gasteiger partial charge in [0.2, 0.25) is 5.88 Å². The summed E-state index contributed by atoms with van der Waals surface area (Å²) in [5.41, 5.74) is 1.07. The molecule has 6 heteroatoms. The average molecular weight is 316 g/mol. The predicted octanol–water partition coefficient (Wildman–Crippen LogP) is 2.37. The second kappa shape index (κ2) is 9.50. The monoisotopic (exact) mass is 316 g/mol. The Kier molecular flexibility index (Phi) is 6.97. The highest BCUT2D eigenvalue weighted by atomic mass is 16.5. The van der Waals surface area contributed by atoms with Gasteiger partial charge < -0.3 is 19.8 Å². The summed E-state index contributed by atoms with van der Waals surface area (Å²) in [6.07, 6.45) is 5.29. The number of hydrogen-bond donors (Lipinski definition) is 2. The first kappa shape index (κ1) is 16.9. The number of nitrogens with one attached hydrogen (secondary N) is 2. The molecule has 0 radical (unpaired) electrons. The van der Waals surface area contributed by atoms with Crippen molar-refractivity contribution in [3.05, 3.63) is 48.0 Å². The molecule has 0 aliphatic carbocycles. The summed E-state index contributed by atoms with van der Waals surface area (Å²) in [4.78, 5) is 8.48. The maximum absolute atomic E-state index is 5.47. The van der Waals surface area contributed by atoms with Crippen molar-refractivity contribution in [2.75, 3.05) is 20.2 Å². The van der Waals surface area contributed by atoms with Crippen molar-refractivity contribution in [1.82, 2.24) is 15.6 Å². The first-order valence-corrected chi connectivity index (χ1v) is 7.86. The first-order chi connectivity index (χ1) is 11.3. The maximum Gasteiger partial charge on any atom is 0.213 e. The normalized spacial score (nSPS) is 11.3. The maximum atomic E-state index is 5.47. The third-order valence-corrected chi connectivity index (χ3v) is 3.18. The van der Waals surface area contributed by atoms with E-state index in [9.17, 15) is 0 Å². The fourth-order valence-electron chi connectivity index (χ4n) is 1.97. The van der Waals surface area contributed by atoms with E-state index in [-0.39, 0.29) is 0 Å². The second-order valence-corrected chi connectivity index (χ2v) is 5.04. The molecule has 0 spiro atoms. The van der Waals surface area contributed by atoms with Crippen molar-refractivity contribution in [2.24, 2.45) is 4.99 Å². The Morgan fingerprint density at radius 2 is 2.22 bits per heavy atom. The average Bonchev–Trinajstić information content (AvgIpc) is 3.10. The highest BCUT2D eigenvalue weighted by molar-refractivity contribution is 5.79. The van der Waals surface area contributed by atoms with Gasteiger partial charge in [0.25, 0.3) is 0 Å². The van der Waals surface area contributed by atoms with Gasteiger partial charge in [-0.15, -0.1) is 0 Å². The van der Waals surface area contributed by atoms with Crippen molar-refractivity contribution in [2.45, 2.75) is 26.3 Å². The van der Waals surface area contributed by atoms with Gasteiger partial charge in [0.15, 0.2) is 5.96 Å². The van der Waals surface area contributed by atoms with Crippen molar-refractivity contribution in [3.63, 3.8) is 0 Å². The molecule has 124 valence electrons. The van der Waals surface area contributed by atoms with E-state index in [1.165, 1.54) is 0 Å². The number of pyridine rings is 1. The topological polar surface area (TPSA) is 71.7 Å². The van der Waals surface area contributed by atoms with E-state index in [1.54, 1.807) is 13.3 Å². The zero-order chi connectivity index (χ0) is 16.3. The molecule has 0 bridgehead atoms. The van der Waals surface area contributed by atoms with E-state index in [0.29, 0.717) is 19.0 Å². The molecule has 0 aliphatic heterocycles. The Hall–Kier alpha value is -2.50. The van der Waals surface area contributed by atoms with Crippen LogP contribution in [0.4, 0.5) is 0 Å². The number of furan rings is 1. The third kappa shape index (κ3) is 6.02. The second-order valence-electron chi connectivity index (χ2n) is 5.04. The van der Waals surface area contributed by atoms with Crippen molar-refractivity contribution >= 4 is 5.96 Å². The molecular formula is C17H24N4O2. The minimum Gasteiger partial charge on any atom is -0.478 e. The fourth-order valence-corrected chi connectivity index (χ4v) is 1.97. The van der Waals surface area contributed by atoms with Crippen molar-refractivity contribution in [3.8, 4) is 5.88 Å². The highest BCUT2D eigenvalue weighted by Crippen LogP contribution is 2.07. The van der Waals surface area contributed by atoms with Gasteiger partial charge >= 0.3 is 0 Å². The molecule has 0 amide bonds. The van der Waals surface area contributed by atoms with E-state index in [2.05, 4.69) is 27.5 Å². The molecule has 0 saturated heterocycles. The number of guanidine groups is 1. The van der Waals surface area contributed by atoms with E-state index < -0.39 is 0 Å². The molecule has 6 nitrogen and oxygen atoms in total. The lowest BCUT2D eigenvalue weighted by Crippen LogP contribution is -2.37. The molecule has 2 rings (SSSR count). The predicted molar refractivity (Wildman–Crippen MR) is 90.6 cm³/mol. The van der Waals surface area contributed by atoms with Crippen LogP contribution in [0.2, 0.25) is 0 Å². The lowest BCUT2D eigenvalue weighted by Gasteiger charge is -2.11. The molecule has 0 fully saturated rings. The number of aliphatic imine (C=N–C) groups is 1. The number of ether oxygens (including phenoxy) is 1. The minimum absolute atomic E-state index is 0.654. The number of rotatable bonds is 8. The summed E-state index contributed by atoms with van der Waals surface area (Å²) in [5.74, 6) is 2.37. The number of aromatic nitrogens is 1. The lowest BCUT2D eigenvalue weighted by atomic mass is 10.3. The van der Waals surface area contributed by atoms with Crippen LogP contribution < -0.4 is 15.4 Å². The van der Waals surface area contributed by atoms with Gasteiger partial charge in [-0.2, -0.15) is 0 Å². The zero-order valence-electron chi connectivity index (χ0n) is 13.7. The Morgan fingerprint density at radius 3 is 2.87 bits per heavy atom. The minimum atomic E-state index is 0.654. The Balaban J connectivity index is 1.72. The summed E-state index contributed by atoms with van der Waals surface area (Å²) in [6, 6.07) is 7.75. The Labute approximate surface area is 137 Å². The lowest BCUT2D eigenvalue weighted by molar-refractivity contribution is 0.305. The molecule has 0 aliphatic rings. The number of hydrogen-bond acceptors (Lipinski definition) is 4. The molecule has 23 heavy (non-hydrogen) atoms. The van der Waals surface area contributed by atoms with E-state index in [0.717, 1.165) is 36.7 Å². The van der Waals surface area contributed by atoms with E-state index >= 15 is 0 Å². The quantitative estimate of drug-likeness (QED) is 0.578. The van der Waals surface area contributed by atoms with Crippen LogP contribution in [0.15, 0.2) is 46.1 Å². The van der Waals surface area contributed by atoms with Crippen LogP contribution in [0.1, 0.15) is 24.7 Å². The van der Waals surface area contributed by atoms with Crippen LogP contribution in [0.25, 0.3) is 0 Å². The van der Waals surface area contributed by atoms with E-state index in [4.69, 9.17) is 9.15 Å².